The Bertz CT molecular complexity index is 463. The average molecular weight is 267 g/mol. The van der Waals surface area contributed by atoms with Gasteiger partial charge in [-0.2, -0.15) is 0 Å². The fraction of sp³-hybridized carbons (Fsp3) is 0.750. The SMILES string of the molecule is CN1CCC(C)(CNc2c([N+](=O)[O-])ncn2C)CC1. The minimum atomic E-state index is -0.445. The zero-order valence-corrected chi connectivity index (χ0v) is 11.7. The normalized spacial score (nSPS) is 19.3. The van der Waals surface area contributed by atoms with E-state index in [0.717, 1.165) is 32.5 Å². The molecule has 0 saturated carbocycles. The molecule has 2 heterocycles. The van der Waals surface area contributed by atoms with E-state index >= 15 is 0 Å². The van der Waals surface area contributed by atoms with Gasteiger partial charge in [0.1, 0.15) is 0 Å². The minimum Gasteiger partial charge on any atom is -0.364 e. The molecule has 0 aliphatic carbocycles. The van der Waals surface area contributed by atoms with Crippen LogP contribution >= 0.6 is 0 Å². The van der Waals surface area contributed by atoms with Crippen molar-refractivity contribution in [2.75, 3.05) is 32.0 Å². The van der Waals surface area contributed by atoms with E-state index in [2.05, 4.69) is 29.2 Å². The predicted octanol–water partition coefficient (Wildman–Crippen LogP) is 1.47. The number of aromatic nitrogens is 2. The number of hydrogen-bond acceptors (Lipinski definition) is 5. The predicted molar refractivity (Wildman–Crippen MR) is 73.2 cm³/mol. The van der Waals surface area contributed by atoms with Gasteiger partial charge in [0.2, 0.25) is 12.1 Å². The van der Waals surface area contributed by atoms with E-state index in [9.17, 15) is 10.1 Å². The molecule has 7 nitrogen and oxygen atoms in total. The average Bonchev–Trinajstić information content (AvgIpc) is 2.73. The Balaban J connectivity index is 2.02. The first kappa shape index (κ1) is 13.8. The van der Waals surface area contributed by atoms with Gasteiger partial charge in [-0.15, -0.1) is 0 Å². The first-order valence-electron chi connectivity index (χ1n) is 6.49. The smallest absolute Gasteiger partial charge is 0.364 e. The van der Waals surface area contributed by atoms with Crippen molar-refractivity contribution >= 4 is 11.6 Å². The van der Waals surface area contributed by atoms with E-state index in [1.807, 2.05) is 0 Å². The second-order valence-electron chi connectivity index (χ2n) is 5.75. The monoisotopic (exact) mass is 267 g/mol. The van der Waals surface area contributed by atoms with Gasteiger partial charge in [-0.3, -0.25) is 4.57 Å². The molecule has 1 N–H and O–H groups in total. The Kier molecular flexibility index (Phi) is 3.75. The molecule has 19 heavy (non-hydrogen) atoms. The van der Waals surface area contributed by atoms with Crippen LogP contribution in [0.1, 0.15) is 19.8 Å². The highest BCUT2D eigenvalue weighted by Gasteiger charge is 2.30. The fourth-order valence-electron chi connectivity index (χ4n) is 2.39. The molecular weight excluding hydrogens is 246 g/mol. The van der Waals surface area contributed by atoms with Crippen LogP contribution in [0.5, 0.6) is 0 Å². The van der Waals surface area contributed by atoms with Gasteiger partial charge in [0.05, 0.1) is 0 Å². The van der Waals surface area contributed by atoms with E-state index in [-0.39, 0.29) is 11.2 Å². The Morgan fingerprint density at radius 1 is 1.47 bits per heavy atom. The van der Waals surface area contributed by atoms with Crippen LogP contribution in [0.15, 0.2) is 6.33 Å². The van der Waals surface area contributed by atoms with E-state index < -0.39 is 4.92 Å². The van der Waals surface area contributed by atoms with Crippen LogP contribution in [0.2, 0.25) is 0 Å². The molecule has 0 unspecified atom stereocenters. The van der Waals surface area contributed by atoms with Crippen LogP contribution in [0.3, 0.4) is 0 Å². The number of nitro groups is 1. The summed E-state index contributed by atoms with van der Waals surface area (Å²) in [6.45, 7) is 5.12. The molecule has 1 aromatic heterocycles. The number of nitrogens with one attached hydrogen (secondary N) is 1. The Morgan fingerprint density at radius 3 is 2.68 bits per heavy atom. The molecule has 2 rings (SSSR count). The van der Waals surface area contributed by atoms with Crippen LogP contribution in [-0.4, -0.2) is 46.1 Å². The summed E-state index contributed by atoms with van der Waals surface area (Å²) in [5.41, 5.74) is 0.185. The lowest BCUT2D eigenvalue weighted by Crippen LogP contribution is -2.40. The van der Waals surface area contributed by atoms with Crippen molar-refractivity contribution in [3.05, 3.63) is 16.4 Å². The standard InChI is InChI=1S/C12H21N5O2/c1-12(4-6-15(2)7-5-12)8-13-10-11(17(18)19)14-9-16(10)3/h9,13H,4-8H2,1-3H3. The summed E-state index contributed by atoms with van der Waals surface area (Å²) in [5.74, 6) is 0.393. The molecule has 0 amide bonds. The van der Waals surface area contributed by atoms with Crippen LogP contribution in [-0.2, 0) is 7.05 Å². The topological polar surface area (TPSA) is 76.2 Å². The molecule has 0 spiro atoms. The quantitative estimate of drug-likeness (QED) is 0.660. The number of imidazole rings is 1. The molecule has 1 saturated heterocycles. The van der Waals surface area contributed by atoms with Gasteiger partial charge in [0, 0.05) is 13.6 Å². The van der Waals surface area contributed by atoms with Gasteiger partial charge in [-0.1, -0.05) is 6.92 Å². The molecule has 0 atom stereocenters. The molecule has 1 aliphatic rings. The summed E-state index contributed by atoms with van der Waals surface area (Å²) in [6, 6.07) is 0. The highest BCUT2D eigenvalue weighted by Crippen LogP contribution is 2.31. The third-order valence-corrected chi connectivity index (χ3v) is 3.97. The second kappa shape index (κ2) is 5.16. The van der Waals surface area contributed by atoms with Gasteiger partial charge in [-0.25, -0.2) is 0 Å². The highest BCUT2D eigenvalue weighted by molar-refractivity contribution is 5.52. The van der Waals surface area contributed by atoms with Crippen molar-refractivity contribution in [2.45, 2.75) is 19.8 Å². The summed E-state index contributed by atoms with van der Waals surface area (Å²) in [5, 5.41) is 14.1. The van der Waals surface area contributed by atoms with Crippen LogP contribution < -0.4 is 5.32 Å². The maximum atomic E-state index is 10.9. The van der Waals surface area contributed by atoms with Gasteiger partial charge < -0.3 is 20.3 Å². The summed E-state index contributed by atoms with van der Waals surface area (Å²) in [7, 11) is 3.89. The van der Waals surface area contributed by atoms with E-state index in [1.54, 1.807) is 11.6 Å². The van der Waals surface area contributed by atoms with Gasteiger partial charge in [0.25, 0.3) is 0 Å². The molecule has 0 bridgehead atoms. The zero-order valence-electron chi connectivity index (χ0n) is 11.7. The Morgan fingerprint density at radius 2 is 2.11 bits per heavy atom. The molecule has 1 aromatic rings. The number of likely N-dealkylation sites (tertiary alicyclic amines) is 1. The largest absolute Gasteiger partial charge is 0.406 e. The molecule has 1 fully saturated rings. The van der Waals surface area contributed by atoms with Crippen LogP contribution in [0.25, 0.3) is 0 Å². The second-order valence-corrected chi connectivity index (χ2v) is 5.75. The molecule has 0 radical (unpaired) electrons. The third kappa shape index (κ3) is 3.04. The zero-order chi connectivity index (χ0) is 14.0. The number of rotatable bonds is 4. The number of anilines is 1. The van der Waals surface area contributed by atoms with E-state index in [1.165, 1.54) is 6.33 Å². The van der Waals surface area contributed by atoms with Crippen molar-refractivity contribution in [3.8, 4) is 0 Å². The third-order valence-electron chi connectivity index (χ3n) is 3.97. The first-order valence-corrected chi connectivity index (χ1v) is 6.49. The van der Waals surface area contributed by atoms with E-state index in [4.69, 9.17) is 0 Å². The van der Waals surface area contributed by atoms with Gasteiger partial charge >= 0.3 is 5.82 Å². The maximum absolute atomic E-state index is 10.9. The number of aryl methyl sites for hydroxylation is 1. The lowest BCUT2D eigenvalue weighted by Gasteiger charge is -2.38. The molecule has 106 valence electrons. The lowest BCUT2D eigenvalue weighted by atomic mass is 9.80. The lowest BCUT2D eigenvalue weighted by molar-refractivity contribution is -0.388. The van der Waals surface area contributed by atoms with Crippen molar-refractivity contribution in [3.63, 3.8) is 0 Å². The number of nitrogens with zero attached hydrogens (tertiary/aromatic N) is 4. The summed E-state index contributed by atoms with van der Waals surface area (Å²) >= 11 is 0. The van der Waals surface area contributed by atoms with Gasteiger partial charge in [-0.05, 0) is 48.3 Å². The summed E-state index contributed by atoms with van der Waals surface area (Å²) in [4.78, 5) is 16.6. The molecule has 0 aromatic carbocycles. The van der Waals surface area contributed by atoms with Crippen molar-refractivity contribution in [1.29, 1.82) is 0 Å². The maximum Gasteiger partial charge on any atom is 0.406 e. The van der Waals surface area contributed by atoms with Crippen LogP contribution in [0, 0.1) is 15.5 Å². The molecular formula is C12H21N5O2. The van der Waals surface area contributed by atoms with Crippen molar-refractivity contribution < 1.29 is 4.92 Å². The minimum absolute atomic E-state index is 0.0981. The summed E-state index contributed by atoms with van der Waals surface area (Å²) in [6.07, 6.45) is 3.67. The van der Waals surface area contributed by atoms with Crippen molar-refractivity contribution in [1.82, 2.24) is 14.5 Å². The van der Waals surface area contributed by atoms with Gasteiger partial charge in [0.15, 0.2) is 0 Å². The number of hydrogen-bond donors (Lipinski definition) is 1. The highest BCUT2D eigenvalue weighted by atomic mass is 16.6. The Labute approximate surface area is 112 Å². The van der Waals surface area contributed by atoms with Crippen molar-refractivity contribution in [2.24, 2.45) is 12.5 Å². The first-order chi connectivity index (χ1) is 8.91. The fourth-order valence-corrected chi connectivity index (χ4v) is 2.39. The molecule has 7 heteroatoms. The Hall–Kier alpha value is -1.63. The van der Waals surface area contributed by atoms with E-state index in [0.29, 0.717) is 5.82 Å². The number of piperidine rings is 1. The summed E-state index contributed by atoms with van der Waals surface area (Å²) < 4.78 is 1.66. The van der Waals surface area contributed by atoms with Crippen LogP contribution in [0.4, 0.5) is 11.6 Å². The molecule has 1 aliphatic heterocycles.